The maximum absolute atomic E-state index is 13.9. The van der Waals surface area contributed by atoms with Crippen molar-refractivity contribution >= 4 is 17.8 Å². The van der Waals surface area contributed by atoms with Crippen molar-refractivity contribution < 1.29 is 24.2 Å². The summed E-state index contributed by atoms with van der Waals surface area (Å²) in [5.41, 5.74) is 0.0710. The van der Waals surface area contributed by atoms with Gasteiger partial charge in [-0.05, 0) is 122 Å². The molecule has 5 saturated carbocycles. The number of carboxylic acids is 1. The minimum atomic E-state index is -0.967. The van der Waals surface area contributed by atoms with Gasteiger partial charge in [-0.2, -0.15) is 0 Å². The van der Waals surface area contributed by atoms with Crippen molar-refractivity contribution in [1.29, 1.82) is 0 Å². The van der Waals surface area contributed by atoms with E-state index in [0.717, 1.165) is 51.4 Å². The van der Waals surface area contributed by atoms with E-state index in [1.165, 1.54) is 19.3 Å². The molecule has 0 radical (unpaired) electrons. The number of carboxylic acid groups (broad SMARTS) is 1. The molecule has 6 heteroatoms. The van der Waals surface area contributed by atoms with Crippen LogP contribution in [0.5, 0.6) is 0 Å². The largest absolute Gasteiger partial charge is 0.480 e. The van der Waals surface area contributed by atoms with E-state index in [-0.39, 0.29) is 46.2 Å². The van der Waals surface area contributed by atoms with E-state index in [0.29, 0.717) is 41.9 Å². The van der Waals surface area contributed by atoms with Gasteiger partial charge in [-0.3, -0.25) is 14.4 Å². The number of ether oxygens (including phenoxy) is 1. The SMILES string of the molecule is CCCC(=O)O[C@H]1CC[C@@]2(C)C(CC[C@]3(C)C2CCC2C4[C@H](C(C)C)CC[C@]4(C(=O)NCC(=O)O)CC[C@]23C)C1(C)C. The van der Waals surface area contributed by atoms with E-state index >= 15 is 0 Å². The lowest BCUT2D eigenvalue weighted by atomic mass is 9.32. The van der Waals surface area contributed by atoms with Crippen LogP contribution in [0.2, 0.25) is 0 Å². The van der Waals surface area contributed by atoms with Crippen molar-refractivity contribution in [2.24, 2.45) is 62.6 Å². The van der Waals surface area contributed by atoms with Gasteiger partial charge in [0, 0.05) is 11.8 Å². The summed E-state index contributed by atoms with van der Waals surface area (Å²) in [7, 11) is 0. The lowest BCUT2D eigenvalue weighted by molar-refractivity contribution is -0.250. The molecule has 238 valence electrons. The molecule has 0 spiro atoms. The Balaban J connectivity index is 1.46. The molecule has 0 saturated heterocycles. The number of hydrogen-bond donors (Lipinski definition) is 2. The van der Waals surface area contributed by atoms with Gasteiger partial charge < -0.3 is 15.2 Å². The summed E-state index contributed by atoms with van der Waals surface area (Å²) in [6.07, 6.45) is 12.0. The van der Waals surface area contributed by atoms with Crippen LogP contribution in [0, 0.1) is 62.6 Å². The van der Waals surface area contributed by atoms with Crippen LogP contribution in [0.4, 0.5) is 0 Å². The molecule has 0 aromatic rings. The first-order chi connectivity index (χ1) is 19.6. The fourth-order valence-corrected chi connectivity index (χ4v) is 12.7. The second-order valence-electron chi connectivity index (χ2n) is 17.0. The predicted octanol–water partition coefficient (Wildman–Crippen LogP) is 7.64. The third-order valence-electron chi connectivity index (χ3n) is 14.9. The molecule has 5 aliphatic rings. The first-order valence-corrected chi connectivity index (χ1v) is 17.3. The number of aliphatic carboxylic acids is 1. The lowest BCUT2D eigenvalue weighted by Crippen LogP contribution is -2.67. The van der Waals surface area contributed by atoms with E-state index < -0.39 is 11.4 Å². The Morgan fingerprint density at radius 2 is 1.57 bits per heavy atom. The van der Waals surface area contributed by atoms with Gasteiger partial charge in [0.2, 0.25) is 5.91 Å². The number of amides is 1. The third-order valence-corrected chi connectivity index (χ3v) is 14.9. The standard InChI is InChI=1S/C36H59NO5/c1-9-10-29(40)42-27-15-16-33(6)25(32(27,4)5)14-17-35(8)26(33)12-11-24-30-23(22(2)3)13-18-36(30,20-19-34(24,35)7)31(41)37-21-28(38)39/h22-27,30H,9-21H2,1-8H3,(H,37,41)(H,38,39)/t23-,24?,25?,26?,27-,30?,33-,34+,35+,36-/m0/s1. The molecule has 5 fully saturated rings. The second-order valence-corrected chi connectivity index (χ2v) is 17.0. The van der Waals surface area contributed by atoms with Crippen molar-refractivity contribution in [2.75, 3.05) is 6.54 Å². The molecular formula is C36H59NO5. The average molecular weight is 586 g/mol. The summed E-state index contributed by atoms with van der Waals surface area (Å²) in [6, 6.07) is 0. The van der Waals surface area contributed by atoms with Crippen molar-refractivity contribution in [3.63, 3.8) is 0 Å². The van der Waals surface area contributed by atoms with Gasteiger partial charge in [0.05, 0.1) is 5.41 Å². The maximum Gasteiger partial charge on any atom is 0.322 e. The van der Waals surface area contributed by atoms with Crippen LogP contribution in [0.15, 0.2) is 0 Å². The lowest BCUT2D eigenvalue weighted by Gasteiger charge is -2.73. The Morgan fingerprint density at radius 3 is 2.21 bits per heavy atom. The Hall–Kier alpha value is -1.59. The number of rotatable bonds is 7. The van der Waals surface area contributed by atoms with E-state index in [1.807, 2.05) is 6.92 Å². The molecule has 0 aliphatic heterocycles. The highest BCUT2D eigenvalue weighted by molar-refractivity contribution is 5.86. The molecule has 0 aromatic heterocycles. The summed E-state index contributed by atoms with van der Waals surface area (Å²) in [4.78, 5) is 37.8. The Bertz CT molecular complexity index is 1080. The molecule has 0 aromatic carbocycles. The number of fused-ring (bicyclic) bond motifs is 7. The smallest absolute Gasteiger partial charge is 0.322 e. The highest BCUT2D eigenvalue weighted by Gasteiger charge is 2.72. The quantitative estimate of drug-likeness (QED) is 0.300. The van der Waals surface area contributed by atoms with Crippen LogP contribution < -0.4 is 5.32 Å². The molecule has 1 amide bonds. The van der Waals surface area contributed by atoms with Crippen LogP contribution in [0.1, 0.15) is 132 Å². The average Bonchev–Trinajstić information content (AvgIpc) is 3.31. The first-order valence-electron chi connectivity index (χ1n) is 17.3. The van der Waals surface area contributed by atoms with E-state index in [9.17, 15) is 19.5 Å². The van der Waals surface area contributed by atoms with Crippen molar-refractivity contribution in [2.45, 2.75) is 139 Å². The molecule has 4 unspecified atom stereocenters. The molecule has 0 heterocycles. The summed E-state index contributed by atoms with van der Waals surface area (Å²) in [6.45, 7) is 18.9. The summed E-state index contributed by atoms with van der Waals surface area (Å²) >= 11 is 0. The molecular weight excluding hydrogens is 526 g/mol. The van der Waals surface area contributed by atoms with Crippen molar-refractivity contribution in [3.8, 4) is 0 Å². The number of esters is 1. The van der Waals surface area contributed by atoms with Gasteiger partial charge in [-0.1, -0.05) is 55.4 Å². The Labute approximate surface area is 254 Å². The zero-order chi connectivity index (χ0) is 30.9. The number of hydrogen-bond acceptors (Lipinski definition) is 4. The minimum absolute atomic E-state index is 0.000684. The molecule has 5 aliphatic carbocycles. The summed E-state index contributed by atoms with van der Waals surface area (Å²) in [5, 5.41) is 12.2. The van der Waals surface area contributed by atoms with Crippen molar-refractivity contribution in [1.82, 2.24) is 5.32 Å². The van der Waals surface area contributed by atoms with Gasteiger partial charge in [0.15, 0.2) is 0 Å². The molecule has 42 heavy (non-hydrogen) atoms. The molecule has 6 nitrogen and oxygen atoms in total. The van der Waals surface area contributed by atoms with E-state index in [1.54, 1.807) is 0 Å². The predicted molar refractivity (Wildman–Crippen MR) is 164 cm³/mol. The van der Waals surface area contributed by atoms with Crippen LogP contribution in [0.25, 0.3) is 0 Å². The monoisotopic (exact) mass is 585 g/mol. The number of carbonyl (C=O) groups is 3. The van der Waals surface area contributed by atoms with E-state index in [2.05, 4.69) is 53.8 Å². The Morgan fingerprint density at radius 1 is 0.857 bits per heavy atom. The van der Waals surface area contributed by atoms with Crippen LogP contribution >= 0.6 is 0 Å². The van der Waals surface area contributed by atoms with Gasteiger partial charge in [-0.25, -0.2) is 0 Å². The zero-order valence-electron chi connectivity index (χ0n) is 27.8. The fourth-order valence-electron chi connectivity index (χ4n) is 12.7. The molecule has 2 N–H and O–H groups in total. The van der Waals surface area contributed by atoms with Crippen molar-refractivity contribution in [3.05, 3.63) is 0 Å². The van der Waals surface area contributed by atoms with Gasteiger partial charge in [-0.15, -0.1) is 0 Å². The van der Waals surface area contributed by atoms with E-state index in [4.69, 9.17) is 4.74 Å². The normalized spacial score (nSPS) is 45.6. The minimum Gasteiger partial charge on any atom is -0.480 e. The van der Waals surface area contributed by atoms with Crippen LogP contribution in [-0.2, 0) is 19.1 Å². The number of nitrogens with one attached hydrogen (secondary N) is 1. The molecule has 0 bridgehead atoms. The highest BCUT2D eigenvalue weighted by Crippen LogP contribution is 2.77. The van der Waals surface area contributed by atoms with Gasteiger partial charge in [0.1, 0.15) is 12.6 Å². The van der Waals surface area contributed by atoms with Gasteiger partial charge >= 0.3 is 11.9 Å². The first kappa shape index (κ1) is 31.8. The summed E-state index contributed by atoms with van der Waals surface area (Å²) < 4.78 is 6.14. The molecule has 10 atom stereocenters. The number of carbonyl (C=O) groups excluding carboxylic acids is 2. The third kappa shape index (κ3) is 4.49. The zero-order valence-corrected chi connectivity index (χ0v) is 27.8. The van der Waals surface area contributed by atoms with Crippen LogP contribution in [0.3, 0.4) is 0 Å². The highest BCUT2D eigenvalue weighted by atomic mass is 16.5. The summed E-state index contributed by atoms with van der Waals surface area (Å²) in [5.74, 6) is 1.95. The van der Waals surface area contributed by atoms with Crippen LogP contribution in [-0.4, -0.2) is 35.6 Å². The van der Waals surface area contributed by atoms with Gasteiger partial charge in [0.25, 0.3) is 0 Å². The Kier molecular flexibility index (Phi) is 8.17. The topological polar surface area (TPSA) is 92.7 Å². The fraction of sp³-hybridized carbons (Fsp3) is 0.917. The second kappa shape index (κ2) is 10.8. The maximum atomic E-state index is 13.9. The molecule has 5 rings (SSSR count).